The summed E-state index contributed by atoms with van der Waals surface area (Å²) in [6.45, 7) is 3.97. The lowest BCUT2D eigenvalue weighted by Crippen LogP contribution is -2.61. The molecule has 4 heteroatoms. The monoisotopic (exact) mass is 310 g/mol. The van der Waals surface area contributed by atoms with Gasteiger partial charge in [0.05, 0.1) is 12.1 Å². The zero-order valence-electron chi connectivity index (χ0n) is 13.3. The second-order valence-corrected chi connectivity index (χ2v) is 5.90. The first-order valence-electron chi connectivity index (χ1n) is 8.04. The van der Waals surface area contributed by atoms with Gasteiger partial charge >= 0.3 is 6.09 Å². The Morgan fingerprint density at radius 2 is 1.57 bits per heavy atom. The molecule has 0 unspecified atom stereocenters. The van der Waals surface area contributed by atoms with Crippen LogP contribution < -0.4 is 0 Å². The maximum Gasteiger partial charge on any atom is 0.407 e. The van der Waals surface area contributed by atoms with Gasteiger partial charge in [-0.25, -0.2) is 4.79 Å². The molecule has 1 N–H and O–H groups in total. The van der Waals surface area contributed by atoms with Crippen LogP contribution in [0.1, 0.15) is 24.1 Å². The summed E-state index contributed by atoms with van der Waals surface area (Å²) in [4.78, 5) is 15.2. The molecule has 1 aliphatic rings. The van der Waals surface area contributed by atoms with E-state index >= 15 is 0 Å². The van der Waals surface area contributed by atoms with Crippen LogP contribution in [0.25, 0.3) is 0 Å². The molecule has 0 saturated carbocycles. The van der Waals surface area contributed by atoms with Gasteiger partial charge in [-0.3, -0.25) is 4.90 Å². The summed E-state index contributed by atoms with van der Waals surface area (Å²) in [6.07, 6.45) is -0.826. The van der Waals surface area contributed by atoms with Gasteiger partial charge in [0.2, 0.25) is 0 Å². The summed E-state index contributed by atoms with van der Waals surface area (Å²) in [5.74, 6) is 0. The van der Waals surface area contributed by atoms with Crippen molar-refractivity contribution in [2.75, 3.05) is 19.6 Å². The highest BCUT2D eigenvalue weighted by Gasteiger charge is 2.38. The van der Waals surface area contributed by atoms with Gasteiger partial charge in [-0.15, -0.1) is 0 Å². The Bertz CT molecular complexity index is 599. The van der Waals surface area contributed by atoms with Gasteiger partial charge < -0.3 is 10.0 Å². The summed E-state index contributed by atoms with van der Waals surface area (Å²) in [6, 6.07) is 21.1. The summed E-state index contributed by atoms with van der Waals surface area (Å²) < 4.78 is 0. The largest absolute Gasteiger partial charge is 0.465 e. The van der Waals surface area contributed by atoms with Crippen LogP contribution in [0.2, 0.25) is 0 Å². The molecule has 23 heavy (non-hydrogen) atoms. The van der Waals surface area contributed by atoms with Crippen LogP contribution in [-0.2, 0) is 0 Å². The minimum atomic E-state index is -0.826. The summed E-state index contributed by atoms with van der Waals surface area (Å²) in [5.41, 5.74) is 2.49. The molecule has 1 heterocycles. The number of hydrogen-bond acceptors (Lipinski definition) is 2. The van der Waals surface area contributed by atoms with Gasteiger partial charge in [0, 0.05) is 19.6 Å². The van der Waals surface area contributed by atoms with E-state index in [-0.39, 0.29) is 12.1 Å². The number of benzene rings is 2. The van der Waals surface area contributed by atoms with Crippen molar-refractivity contribution in [1.29, 1.82) is 0 Å². The molecule has 0 radical (unpaired) electrons. The lowest BCUT2D eigenvalue weighted by Gasteiger charge is -2.48. The molecule has 1 fully saturated rings. The molecule has 120 valence electrons. The van der Waals surface area contributed by atoms with Crippen LogP contribution in [0.4, 0.5) is 4.79 Å². The Morgan fingerprint density at radius 3 is 1.96 bits per heavy atom. The molecule has 0 atom stereocenters. The molecule has 0 aliphatic carbocycles. The number of likely N-dealkylation sites (tertiary alicyclic amines) is 1. The van der Waals surface area contributed by atoms with E-state index in [2.05, 4.69) is 53.4 Å². The highest BCUT2D eigenvalue weighted by molar-refractivity contribution is 5.65. The third-order valence-corrected chi connectivity index (χ3v) is 4.51. The number of amides is 1. The van der Waals surface area contributed by atoms with Gasteiger partial charge in [-0.05, 0) is 18.1 Å². The van der Waals surface area contributed by atoms with Crippen LogP contribution in [-0.4, -0.2) is 46.7 Å². The van der Waals surface area contributed by atoms with E-state index in [1.54, 1.807) is 0 Å². The van der Waals surface area contributed by atoms with E-state index in [4.69, 9.17) is 0 Å². The van der Waals surface area contributed by atoms with Crippen molar-refractivity contribution >= 4 is 6.09 Å². The number of rotatable bonds is 5. The lowest BCUT2D eigenvalue weighted by atomic mass is 9.92. The van der Waals surface area contributed by atoms with Crippen LogP contribution in [0.15, 0.2) is 60.7 Å². The fourth-order valence-corrected chi connectivity index (χ4v) is 3.33. The zero-order chi connectivity index (χ0) is 16.2. The number of carboxylic acid groups (broad SMARTS) is 1. The number of likely N-dealkylation sites (N-methyl/N-ethyl adjacent to an activating group) is 1. The predicted molar refractivity (Wildman–Crippen MR) is 90.5 cm³/mol. The minimum Gasteiger partial charge on any atom is -0.465 e. The van der Waals surface area contributed by atoms with Crippen LogP contribution in [0.5, 0.6) is 0 Å². The average molecular weight is 310 g/mol. The second kappa shape index (κ2) is 6.84. The molecule has 1 amide bonds. The van der Waals surface area contributed by atoms with Crippen molar-refractivity contribution in [1.82, 2.24) is 9.80 Å². The Kier molecular flexibility index (Phi) is 4.63. The first-order valence-corrected chi connectivity index (χ1v) is 8.04. The van der Waals surface area contributed by atoms with E-state index < -0.39 is 6.09 Å². The van der Waals surface area contributed by atoms with Crippen molar-refractivity contribution in [3.8, 4) is 0 Å². The van der Waals surface area contributed by atoms with Crippen molar-refractivity contribution < 1.29 is 9.90 Å². The Hall–Kier alpha value is -2.33. The molecule has 3 rings (SSSR count). The van der Waals surface area contributed by atoms with Gasteiger partial charge in [0.15, 0.2) is 0 Å². The maximum atomic E-state index is 11.3. The molecule has 0 bridgehead atoms. The molecular weight excluding hydrogens is 288 g/mol. The quantitative estimate of drug-likeness (QED) is 0.920. The molecule has 4 nitrogen and oxygen atoms in total. The van der Waals surface area contributed by atoms with Crippen LogP contribution in [0.3, 0.4) is 0 Å². The lowest BCUT2D eigenvalue weighted by molar-refractivity contribution is 0.0213. The molecule has 2 aromatic rings. The average Bonchev–Trinajstić information content (AvgIpc) is 2.54. The Labute approximate surface area is 137 Å². The fourth-order valence-electron chi connectivity index (χ4n) is 3.33. The topological polar surface area (TPSA) is 43.8 Å². The SMILES string of the molecule is CCN(C(=O)O)C1CN(C(c2ccccc2)c2ccccc2)C1. The number of nitrogens with zero attached hydrogens (tertiary/aromatic N) is 2. The van der Waals surface area contributed by atoms with E-state index in [9.17, 15) is 9.90 Å². The van der Waals surface area contributed by atoms with Crippen molar-refractivity contribution in [3.63, 3.8) is 0 Å². The number of carbonyl (C=O) groups is 1. The molecule has 0 aromatic heterocycles. The van der Waals surface area contributed by atoms with E-state index in [0.29, 0.717) is 6.54 Å². The maximum absolute atomic E-state index is 11.3. The Morgan fingerprint density at radius 1 is 1.09 bits per heavy atom. The number of hydrogen-bond donors (Lipinski definition) is 1. The van der Waals surface area contributed by atoms with E-state index in [1.165, 1.54) is 16.0 Å². The normalized spacial score (nSPS) is 15.4. The third kappa shape index (κ3) is 3.22. The molecule has 1 aliphatic heterocycles. The van der Waals surface area contributed by atoms with Gasteiger partial charge in [-0.1, -0.05) is 60.7 Å². The second-order valence-electron chi connectivity index (χ2n) is 5.90. The van der Waals surface area contributed by atoms with Gasteiger partial charge in [-0.2, -0.15) is 0 Å². The third-order valence-electron chi connectivity index (χ3n) is 4.51. The smallest absolute Gasteiger partial charge is 0.407 e. The first-order chi connectivity index (χ1) is 11.2. The van der Waals surface area contributed by atoms with E-state index in [1.807, 2.05) is 19.1 Å². The standard InChI is InChI=1S/C19H22N2O2/c1-2-21(19(22)23)17-13-20(14-17)18(15-9-5-3-6-10-15)16-11-7-4-8-12-16/h3-12,17-18H,2,13-14H2,1H3,(H,22,23). The molecule has 2 aromatic carbocycles. The summed E-state index contributed by atoms with van der Waals surface area (Å²) >= 11 is 0. The fraction of sp³-hybridized carbons (Fsp3) is 0.316. The van der Waals surface area contributed by atoms with Crippen molar-refractivity contribution in [3.05, 3.63) is 71.8 Å². The predicted octanol–water partition coefficient (Wildman–Crippen LogP) is 3.46. The van der Waals surface area contributed by atoms with Crippen molar-refractivity contribution in [2.45, 2.75) is 19.0 Å². The molecule has 0 spiro atoms. The summed E-state index contributed by atoms with van der Waals surface area (Å²) in [5, 5.41) is 9.27. The van der Waals surface area contributed by atoms with Crippen LogP contribution >= 0.6 is 0 Å². The highest BCUT2D eigenvalue weighted by Crippen LogP contribution is 2.33. The minimum absolute atomic E-state index is 0.0902. The van der Waals surface area contributed by atoms with Gasteiger partial charge in [0.1, 0.15) is 0 Å². The first kappa shape index (κ1) is 15.6. The van der Waals surface area contributed by atoms with E-state index in [0.717, 1.165) is 13.1 Å². The van der Waals surface area contributed by atoms with Crippen LogP contribution in [0, 0.1) is 0 Å². The van der Waals surface area contributed by atoms with Crippen molar-refractivity contribution in [2.24, 2.45) is 0 Å². The zero-order valence-corrected chi connectivity index (χ0v) is 13.3. The molecular formula is C19H22N2O2. The van der Waals surface area contributed by atoms with Gasteiger partial charge in [0.25, 0.3) is 0 Å². The highest BCUT2D eigenvalue weighted by atomic mass is 16.4. The Balaban J connectivity index is 1.81. The summed E-state index contributed by atoms with van der Waals surface area (Å²) in [7, 11) is 0. The molecule has 1 saturated heterocycles.